The highest BCUT2D eigenvalue weighted by Gasteiger charge is 2.07. The standard InChI is InChI=1S/C13H18BrNO3/c1-18-9-11(16)6-7-15-13(17)8-10-4-2-3-5-12(10)14/h2-5,11,16H,6-9H2,1H3,(H,15,17). The first kappa shape index (κ1) is 15.1. The number of halogens is 1. The highest BCUT2D eigenvalue weighted by atomic mass is 79.9. The number of carbonyl (C=O) groups is 1. The number of nitrogens with one attached hydrogen (secondary N) is 1. The molecule has 0 saturated heterocycles. The van der Waals surface area contributed by atoms with Gasteiger partial charge in [0, 0.05) is 18.1 Å². The summed E-state index contributed by atoms with van der Waals surface area (Å²) in [5.74, 6) is -0.0495. The maximum Gasteiger partial charge on any atom is 0.224 e. The first-order chi connectivity index (χ1) is 8.63. The van der Waals surface area contributed by atoms with Gasteiger partial charge in [-0.15, -0.1) is 0 Å². The van der Waals surface area contributed by atoms with Gasteiger partial charge in [-0.25, -0.2) is 0 Å². The van der Waals surface area contributed by atoms with E-state index in [-0.39, 0.29) is 5.91 Å². The quantitative estimate of drug-likeness (QED) is 0.802. The van der Waals surface area contributed by atoms with Crippen LogP contribution in [0.3, 0.4) is 0 Å². The van der Waals surface area contributed by atoms with Crippen LogP contribution in [0.5, 0.6) is 0 Å². The lowest BCUT2D eigenvalue weighted by Crippen LogP contribution is -2.29. The third-order valence-electron chi connectivity index (χ3n) is 2.47. The molecule has 0 aliphatic carbocycles. The van der Waals surface area contributed by atoms with E-state index < -0.39 is 6.10 Å². The second-order valence-electron chi connectivity index (χ2n) is 4.02. The molecule has 0 aliphatic heterocycles. The van der Waals surface area contributed by atoms with Crippen LogP contribution in [-0.4, -0.2) is 37.4 Å². The molecule has 0 bridgehead atoms. The third kappa shape index (κ3) is 5.62. The zero-order valence-corrected chi connectivity index (χ0v) is 11.9. The molecule has 0 aliphatic rings. The van der Waals surface area contributed by atoms with Gasteiger partial charge in [-0.2, -0.15) is 0 Å². The number of hydrogen-bond donors (Lipinski definition) is 2. The SMILES string of the molecule is COCC(O)CCNC(=O)Cc1ccccc1Br. The second-order valence-corrected chi connectivity index (χ2v) is 4.87. The summed E-state index contributed by atoms with van der Waals surface area (Å²) in [5.41, 5.74) is 0.951. The lowest BCUT2D eigenvalue weighted by molar-refractivity contribution is -0.120. The number of aliphatic hydroxyl groups is 1. The average molecular weight is 316 g/mol. The van der Waals surface area contributed by atoms with Crippen LogP contribution in [-0.2, 0) is 16.0 Å². The zero-order valence-electron chi connectivity index (χ0n) is 10.4. The number of benzene rings is 1. The van der Waals surface area contributed by atoms with E-state index in [0.717, 1.165) is 10.0 Å². The molecule has 0 saturated carbocycles. The molecule has 2 N–H and O–H groups in total. The number of ether oxygens (including phenoxy) is 1. The summed E-state index contributed by atoms with van der Waals surface area (Å²) in [6.07, 6.45) is 0.302. The molecule has 1 rings (SSSR count). The fourth-order valence-corrected chi connectivity index (χ4v) is 1.96. The van der Waals surface area contributed by atoms with E-state index in [2.05, 4.69) is 21.2 Å². The van der Waals surface area contributed by atoms with E-state index in [9.17, 15) is 9.90 Å². The van der Waals surface area contributed by atoms with Crippen molar-refractivity contribution >= 4 is 21.8 Å². The van der Waals surface area contributed by atoms with Crippen molar-refractivity contribution in [3.8, 4) is 0 Å². The van der Waals surface area contributed by atoms with Crippen molar-refractivity contribution < 1.29 is 14.6 Å². The van der Waals surface area contributed by atoms with Crippen LogP contribution >= 0.6 is 15.9 Å². The van der Waals surface area contributed by atoms with Crippen molar-refractivity contribution in [3.63, 3.8) is 0 Å². The van der Waals surface area contributed by atoms with Crippen LogP contribution in [0.4, 0.5) is 0 Å². The smallest absolute Gasteiger partial charge is 0.224 e. The maximum atomic E-state index is 11.7. The zero-order chi connectivity index (χ0) is 13.4. The Morgan fingerprint density at radius 3 is 2.89 bits per heavy atom. The van der Waals surface area contributed by atoms with Crippen molar-refractivity contribution in [3.05, 3.63) is 34.3 Å². The third-order valence-corrected chi connectivity index (χ3v) is 3.24. The van der Waals surface area contributed by atoms with E-state index >= 15 is 0 Å². The number of aliphatic hydroxyl groups excluding tert-OH is 1. The Bertz CT molecular complexity index is 384. The molecule has 0 heterocycles. The minimum Gasteiger partial charge on any atom is -0.391 e. The van der Waals surface area contributed by atoms with E-state index in [0.29, 0.717) is 26.0 Å². The van der Waals surface area contributed by atoms with Gasteiger partial charge in [0.1, 0.15) is 0 Å². The maximum absolute atomic E-state index is 11.7. The summed E-state index contributed by atoms with van der Waals surface area (Å²) in [6.45, 7) is 0.744. The Labute approximate surface area is 115 Å². The molecule has 1 aromatic carbocycles. The monoisotopic (exact) mass is 315 g/mol. The van der Waals surface area contributed by atoms with Gasteiger partial charge in [0.2, 0.25) is 5.91 Å². The highest BCUT2D eigenvalue weighted by molar-refractivity contribution is 9.10. The highest BCUT2D eigenvalue weighted by Crippen LogP contribution is 2.16. The van der Waals surface area contributed by atoms with Crippen LogP contribution in [0.1, 0.15) is 12.0 Å². The van der Waals surface area contributed by atoms with E-state index in [1.165, 1.54) is 7.11 Å². The summed E-state index contributed by atoms with van der Waals surface area (Å²) in [5, 5.41) is 12.2. The lowest BCUT2D eigenvalue weighted by Gasteiger charge is -2.10. The topological polar surface area (TPSA) is 58.6 Å². The molecule has 100 valence electrons. The second kappa shape index (κ2) is 8.24. The van der Waals surface area contributed by atoms with Gasteiger partial charge in [-0.1, -0.05) is 34.1 Å². The molecule has 0 aromatic heterocycles. The fourth-order valence-electron chi connectivity index (χ4n) is 1.53. The fraction of sp³-hybridized carbons (Fsp3) is 0.462. The van der Waals surface area contributed by atoms with Gasteiger partial charge in [0.05, 0.1) is 19.1 Å². The number of carbonyl (C=O) groups excluding carboxylic acids is 1. The van der Waals surface area contributed by atoms with Crippen LogP contribution in [0.25, 0.3) is 0 Å². The first-order valence-electron chi connectivity index (χ1n) is 5.80. The Hall–Kier alpha value is -0.910. The molecule has 18 heavy (non-hydrogen) atoms. The van der Waals surface area contributed by atoms with Crippen molar-refractivity contribution in [1.82, 2.24) is 5.32 Å². The van der Waals surface area contributed by atoms with Crippen molar-refractivity contribution in [1.29, 1.82) is 0 Å². The average Bonchev–Trinajstić information content (AvgIpc) is 2.32. The summed E-state index contributed by atoms with van der Waals surface area (Å²) in [7, 11) is 1.54. The Morgan fingerprint density at radius 2 is 2.22 bits per heavy atom. The van der Waals surface area contributed by atoms with Gasteiger partial charge >= 0.3 is 0 Å². The summed E-state index contributed by atoms with van der Waals surface area (Å²) in [4.78, 5) is 11.7. The predicted molar refractivity (Wildman–Crippen MR) is 73.4 cm³/mol. The molecule has 0 radical (unpaired) electrons. The van der Waals surface area contributed by atoms with Gasteiger partial charge < -0.3 is 15.2 Å². The minimum atomic E-state index is -0.529. The van der Waals surface area contributed by atoms with Gasteiger partial charge in [0.15, 0.2) is 0 Å². The molecular weight excluding hydrogens is 298 g/mol. The largest absolute Gasteiger partial charge is 0.391 e. The van der Waals surface area contributed by atoms with Crippen LogP contribution in [0, 0.1) is 0 Å². The summed E-state index contributed by atoms with van der Waals surface area (Å²) >= 11 is 3.40. The van der Waals surface area contributed by atoms with Crippen LogP contribution < -0.4 is 5.32 Å². The molecule has 0 spiro atoms. The molecular formula is C13H18BrNO3. The number of methoxy groups -OCH3 is 1. The van der Waals surface area contributed by atoms with Crippen molar-refractivity contribution in [2.45, 2.75) is 18.9 Å². The van der Waals surface area contributed by atoms with Crippen molar-refractivity contribution in [2.24, 2.45) is 0 Å². The summed E-state index contributed by atoms with van der Waals surface area (Å²) in [6, 6.07) is 7.62. The predicted octanol–water partition coefficient (Wildman–Crippen LogP) is 1.51. The molecule has 1 unspecified atom stereocenters. The minimum absolute atomic E-state index is 0.0495. The molecule has 1 amide bonds. The molecule has 1 aromatic rings. The first-order valence-corrected chi connectivity index (χ1v) is 6.60. The van der Waals surface area contributed by atoms with Crippen molar-refractivity contribution in [2.75, 3.05) is 20.3 Å². The van der Waals surface area contributed by atoms with Gasteiger partial charge in [0.25, 0.3) is 0 Å². The van der Waals surface area contributed by atoms with E-state index in [4.69, 9.17) is 4.74 Å². The lowest BCUT2D eigenvalue weighted by atomic mass is 10.1. The van der Waals surface area contributed by atoms with Gasteiger partial charge in [-0.3, -0.25) is 4.79 Å². The Kier molecular flexibility index (Phi) is 6.93. The number of amides is 1. The van der Waals surface area contributed by atoms with Gasteiger partial charge in [-0.05, 0) is 18.1 Å². The van der Waals surface area contributed by atoms with Crippen LogP contribution in [0.15, 0.2) is 28.7 Å². The Morgan fingerprint density at radius 1 is 1.50 bits per heavy atom. The van der Waals surface area contributed by atoms with E-state index in [1.54, 1.807) is 0 Å². The number of rotatable bonds is 7. The molecule has 0 fully saturated rings. The summed E-state index contributed by atoms with van der Waals surface area (Å²) < 4.78 is 5.73. The molecule has 1 atom stereocenters. The number of hydrogen-bond acceptors (Lipinski definition) is 3. The van der Waals surface area contributed by atoms with E-state index in [1.807, 2.05) is 24.3 Å². The van der Waals surface area contributed by atoms with Crippen LogP contribution in [0.2, 0.25) is 0 Å². The molecule has 4 nitrogen and oxygen atoms in total. The Balaban J connectivity index is 2.28. The normalized spacial score (nSPS) is 12.2. The molecule has 5 heteroatoms.